The molecule has 1 atom stereocenters. The summed E-state index contributed by atoms with van der Waals surface area (Å²) in [5.41, 5.74) is 0.673. The molecule has 1 aromatic carbocycles. The molecular weight excluding hydrogens is 280 g/mol. The van der Waals surface area contributed by atoms with Crippen LogP contribution in [0.3, 0.4) is 0 Å². The summed E-state index contributed by atoms with van der Waals surface area (Å²) in [5.74, 6) is 0. The number of hydrogen-bond donors (Lipinski definition) is 2. The molecule has 0 radical (unpaired) electrons. The molecule has 1 heterocycles. The highest BCUT2D eigenvalue weighted by Crippen LogP contribution is 2.15. The van der Waals surface area contributed by atoms with Crippen molar-refractivity contribution >= 4 is 10.0 Å². The van der Waals surface area contributed by atoms with E-state index in [0.29, 0.717) is 12.1 Å². The second-order valence-electron chi connectivity index (χ2n) is 4.31. The first-order valence-electron chi connectivity index (χ1n) is 6.11. The van der Waals surface area contributed by atoms with E-state index in [1.54, 1.807) is 29.9 Å². The van der Waals surface area contributed by atoms with Crippen molar-refractivity contribution in [3.8, 4) is 0 Å². The number of nitrogens with zero attached hydrogens (tertiary/aromatic N) is 3. The van der Waals surface area contributed by atoms with Crippen LogP contribution >= 0.6 is 0 Å². The van der Waals surface area contributed by atoms with Crippen molar-refractivity contribution in [2.75, 3.05) is 6.54 Å². The van der Waals surface area contributed by atoms with E-state index in [4.69, 9.17) is 0 Å². The van der Waals surface area contributed by atoms with Gasteiger partial charge < -0.3 is 5.11 Å². The molecule has 1 aromatic heterocycles. The van der Waals surface area contributed by atoms with Gasteiger partial charge in [0.15, 0.2) is 0 Å². The molecule has 0 spiro atoms. The van der Waals surface area contributed by atoms with Gasteiger partial charge >= 0.3 is 0 Å². The van der Waals surface area contributed by atoms with E-state index in [0.717, 1.165) is 0 Å². The minimum atomic E-state index is -3.55. The number of hydrogen-bond acceptors (Lipinski definition) is 5. The average Bonchev–Trinajstić information content (AvgIpc) is 2.92. The molecule has 20 heavy (non-hydrogen) atoms. The second kappa shape index (κ2) is 6.12. The molecule has 2 rings (SSSR count). The van der Waals surface area contributed by atoms with Gasteiger partial charge in [0.05, 0.1) is 23.7 Å². The van der Waals surface area contributed by atoms with E-state index in [1.165, 1.54) is 18.3 Å². The molecule has 2 N–H and O–H groups in total. The van der Waals surface area contributed by atoms with Crippen molar-refractivity contribution in [2.45, 2.75) is 24.5 Å². The van der Waals surface area contributed by atoms with Crippen molar-refractivity contribution < 1.29 is 13.5 Å². The van der Waals surface area contributed by atoms with Gasteiger partial charge in [-0.1, -0.05) is 17.3 Å². The molecule has 0 aliphatic rings. The smallest absolute Gasteiger partial charge is 0.240 e. The molecule has 8 heteroatoms. The van der Waals surface area contributed by atoms with Gasteiger partial charge in [0.25, 0.3) is 0 Å². The third-order valence-electron chi connectivity index (χ3n) is 2.78. The predicted molar refractivity (Wildman–Crippen MR) is 72.3 cm³/mol. The summed E-state index contributed by atoms with van der Waals surface area (Å²) >= 11 is 0. The zero-order chi connectivity index (χ0) is 14.6. The fraction of sp³-hybridized carbons (Fsp3) is 0.333. The summed E-state index contributed by atoms with van der Waals surface area (Å²) in [6.45, 7) is 2.26. The molecule has 0 fully saturated rings. The average molecular weight is 296 g/mol. The molecule has 108 valence electrons. The number of aliphatic hydroxyl groups excluding tert-OH is 1. The summed E-state index contributed by atoms with van der Waals surface area (Å²) in [7, 11) is -3.55. The molecule has 7 nitrogen and oxygen atoms in total. The highest BCUT2D eigenvalue weighted by atomic mass is 32.2. The van der Waals surface area contributed by atoms with Crippen LogP contribution in [0.1, 0.15) is 18.6 Å². The van der Waals surface area contributed by atoms with E-state index in [-0.39, 0.29) is 11.4 Å². The lowest BCUT2D eigenvalue weighted by Gasteiger charge is -2.08. The monoisotopic (exact) mass is 296 g/mol. The van der Waals surface area contributed by atoms with E-state index in [1.807, 2.05) is 0 Å². The van der Waals surface area contributed by atoms with Crippen LogP contribution in [0.15, 0.2) is 41.6 Å². The van der Waals surface area contributed by atoms with Crippen LogP contribution in [-0.4, -0.2) is 35.1 Å². The SMILES string of the molecule is CC(O)c1ccc(S(=O)(=O)NCCn2ccnn2)cc1. The Kier molecular flexibility index (Phi) is 4.48. The Hall–Kier alpha value is -1.77. The van der Waals surface area contributed by atoms with Gasteiger partial charge in [-0.3, -0.25) is 4.68 Å². The second-order valence-corrected chi connectivity index (χ2v) is 6.08. The van der Waals surface area contributed by atoms with Gasteiger partial charge in [-0.2, -0.15) is 0 Å². The number of aliphatic hydroxyl groups is 1. The Labute approximate surface area is 117 Å². The third-order valence-corrected chi connectivity index (χ3v) is 4.25. The number of sulfonamides is 1. The minimum absolute atomic E-state index is 0.167. The van der Waals surface area contributed by atoms with Gasteiger partial charge in [0, 0.05) is 12.7 Å². The zero-order valence-corrected chi connectivity index (χ0v) is 11.8. The highest BCUT2D eigenvalue weighted by Gasteiger charge is 2.13. The van der Waals surface area contributed by atoms with Crippen molar-refractivity contribution in [3.05, 3.63) is 42.2 Å². The van der Waals surface area contributed by atoms with Gasteiger partial charge in [-0.25, -0.2) is 13.1 Å². The van der Waals surface area contributed by atoms with Gasteiger partial charge in [-0.05, 0) is 24.6 Å². The zero-order valence-electron chi connectivity index (χ0n) is 11.0. The molecular formula is C12H16N4O3S. The van der Waals surface area contributed by atoms with E-state index in [9.17, 15) is 13.5 Å². The molecule has 2 aromatic rings. The van der Waals surface area contributed by atoms with Crippen molar-refractivity contribution in [3.63, 3.8) is 0 Å². The predicted octanol–water partition coefficient (Wildman–Crippen LogP) is 0.310. The van der Waals surface area contributed by atoms with Crippen LogP contribution in [-0.2, 0) is 16.6 Å². The van der Waals surface area contributed by atoms with E-state index >= 15 is 0 Å². The van der Waals surface area contributed by atoms with Crippen molar-refractivity contribution in [1.29, 1.82) is 0 Å². The lowest BCUT2D eigenvalue weighted by atomic mass is 10.1. The fourth-order valence-electron chi connectivity index (χ4n) is 1.66. The normalized spacial score (nSPS) is 13.3. The molecule has 0 saturated heterocycles. The van der Waals surface area contributed by atoms with E-state index < -0.39 is 16.1 Å². The number of aromatic nitrogens is 3. The summed E-state index contributed by atoms with van der Waals surface area (Å²) < 4.78 is 28.1. The van der Waals surface area contributed by atoms with Gasteiger partial charge in [0.1, 0.15) is 0 Å². The first-order valence-corrected chi connectivity index (χ1v) is 7.59. The van der Waals surface area contributed by atoms with Crippen LogP contribution in [0.25, 0.3) is 0 Å². The Bertz CT molecular complexity index is 636. The Morgan fingerprint density at radius 2 is 2.05 bits per heavy atom. The van der Waals surface area contributed by atoms with E-state index in [2.05, 4.69) is 15.0 Å². The highest BCUT2D eigenvalue weighted by molar-refractivity contribution is 7.89. The number of rotatable bonds is 6. The summed E-state index contributed by atoms with van der Waals surface area (Å²) in [5, 5.41) is 16.8. The Balaban J connectivity index is 1.99. The molecule has 0 aliphatic heterocycles. The largest absolute Gasteiger partial charge is 0.389 e. The minimum Gasteiger partial charge on any atom is -0.389 e. The van der Waals surface area contributed by atoms with Crippen LogP contribution < -0.4 is 4.72 Å². The first kappa shape index (κ1) is 14.6. The van der Waals surface area contributed by atoms with Crippen molar-refractivity contribution in [1.82, 2.24) is 19.7 Å². The lowest BCUT2D eigenvalue weighted by Crippen LogP contribution is -2.27. The van der Waals surface area contributed by atoms with Crippen LogP contribution in [0.2, 0.25) is 0 Å². The van der Waals surface area contributed by atoms with Crippen LogP contribution in [0.5, 0.6) is 0 Å². The maximum absolute atomic E-state index is 12.0. The van der Waals surface area contributed by atoms with Crippen LogP contribution in [0, 0.1) is 0 Å². The molecule has 0 saturated carbocycles. The Morgan fingerprint density at radius 1 is 1.35 bits per heavy atom. The lowest BCUT2D eigenvalue weighted by molar-refractivity contribution is 0.199. The third kappa shape index (κ3) is 3.62. The maximum atomic E-state index is 12.0. The molecule has 0 aliphatic carbocycles. The van der Waals surface area contributed by atoms with Crippen LogP contribution in [0.4, 0.5) is 0 Å². The summed E-state index contributed by atoms with van der Waals surface area (Å²) in [6.07, 6.45) is 2.57. The van der Waals surface area contributed by atoms with Gasteiger partial charge in [0.2, 0.25) is 10.0 Å². The molecule has 0 amide bonds. The number of nitrogens with one attached hydrogen (secondary N) is 1. The summed E-state index contributed by atoms with van der Waals surface area (Å²) in [4.78, 5) is 0.167. The topological polar surface area (TPSA) is 97.1 Å². The summed E-state index contributed by atoms with van der Waals surface area (Å²) in [6, 6.07) is 6.13. The first-order chi connectivity index (χ1) is 9.49. The molecule has 0 bridgehead atoms. The van der Waals surface area contributed by atoms with Gasteiger partial charge in [-0.15, -0.1) is 5.10 Å². The standard InChI is InChI=1S/C12H16N4O3S/c1-10(17)11-2-4-12(5-3-11)20(18,19)14-7-9-16-8-6-13-15-16/h2-6,8,10,14,17H,7,9H2,1H3. The Morgan fingerprint density at radius 3 is 2.60 bits per heavy atom. The maximum Gasteiger partial charge on any atom is 0.240 e. The molecule has 1 unspecified atom stereocenters. The number of benzene rings is 1. The quantitative estimate of drug-likeness (QED) is 0.799. The fourth-order valence-corrected chi connectivity index (χ4v) is 2.68. The van der Waals surface area contributed by atoms with Crippen molar-refractivity contribution in [2.24, 2.45) is 0 Å².